The van der Waals surface area contributed by atoms with Crippen molar-refractivity contribution in [1.29, 1.82) is 0 Å². The van der Waals surface area contributed by atoms with Crippen molar-refractivity contribution < 1.29 is 17.9 Å². The number of alkyl halides is 3. The monoisotopic (exact) mass is 276 g/mol. The molecule has 0 amide bonds. The first-order valence-corrected chi connectivity index (χ1v) is 6.03. The van der Waals surface area contributed by atoms with E-state index >= 15 is 0 Å². The molecule has 0 saturated carbocycles. The molecule has 0 saturated heterocycles. The first-order chi connectivity index (χ1) is 8.26. The van der Waals surface area contributed by atoms with Crippen LogP contribution >= 0.6 is 11.3 Å². The van der Waals surface area contributed by atoms with E-state index in [1.807, 2.05) is 0 Å². The molecule has 0 unspecified atom stereocenters. The van der Waals surface area contributed by atoms with E-state index in [1.165, 1.54) is 6.07 Å². The Morgan fingerprint density at radius 3 is 2.56 bits per heavy atom. The van der Waals surface area contributed by atoms with Gasteiger partial charge in [0.05, 0.1) is 10.2 Å². The molecule has 3 nitrogen and oxygen atoms in total. The van der Waals surface area contributed by atoms with E-state index in [1.54, 1.807) is 19.9 Å². The first kappa shape index (κ1) is 12.9. The normalized spacial score (nSPS) is 12.3. The number of ether oxygens (including phenoxy) is 1. The van der Waals surface area contributed by atoms with Gasteiger partial charge in [-0.05, 0) is 17.5 Å². The lowest BCUT2D eigenvalue weighted by molar-refractivity contribution is -0.274. The predicted octanol–water partition coefficient (Wildman–Crippen LogP) is 3.90. The molecule has 18 heavy (non-hydrogen) atoms. The summed E-state index contributed by atoms with van der Waals surface area (Å²) >= 11 is 1.13. The third-order valence-corrected chi connectivity index (χ3v) is 3.23. The molecule has 0 atom stereocenters. The third-order valence-electron chi connectivity index (χ3n) is 2.38. The van der Waals surface area contributed by atoms with Crippen LogP contribution < -0.4 is 10.5 Å². The molecule has 1 heterocycles. The minimum atomic E-state index is -4.70. The summed E-state index contributed by atoms with van der Waals surface area (Å²) in [5.74, 6) is -0.289. The molecule has 0 aliphatic heterocycles. The van der Waals surface area contributed by atoms with E-state index in [2.05, 4.69) is 9.72 Å². The van der Waals surface area contributed by atoms with Crippen LogP contribution in [-0.2, 0) is 0 Å². The summed E-state index contributed by atoms with van der Waals surface area (Å²) in [7, 11) is 0. The largest absolute Gasteiger partial charge is 0.573 e. The van der Waals surface area contributed by atoms with E-state index in [9.17, 15) is 13.2 Å². The number of fused-ring (bicyclic) bond motifs is 1. The lowest BCUT2D eigenvalue weighted by Gasteiger charge is -2.15. The van der Waals surface area contributed by atoms with Gasteiger partial charge in [-0.2, -0.15) is 0 Å². The van der Waals surface area contributed by atoms with Gasteiger partial charge in [-0.25, -0.2) is 4.98 Å². The zero-order valence-corrected chi connectivity index (χ0v) is 10.5. The Morgan fingerprint density at radius 2 is 2.00 bits per heavy atom. The molecule has 1 aromatic heterocycles. The summed E-state index contributed by atoms with van der Waals surface area (Å²) < 4.78 is 41.6. The minimum Gasteiger partial charge on any atom is -0.405 e. The summed E-state index contributed by atoms with van der Waals surface area (Å²) in [6.45, 7) is 3.58. The van der Waals surface area contributed by atoms with Crippen LogP contribution in [-0.4, -0.2) is 11.3 Å². The van der Waals surface area contributed by atoms with Crippen LogP contribution in [0.25, 0.3) is 10.2 Å². The van der Waals surface area contributed by atoms with Gasteiger partial charge in [-0.15, -0.1) is 13.2 Å². The fourth-order valence-corrected chi connectivity index (χ4v) is 2.40. The average molecular weight is 276 g/mol. The topological polar surface area (TPSA) is 48.1 Å². The second kappa shape index (κ2) is 4.31. The number of thiazole rings is 1. The molecule has 0 aliphatic rings. The Kier molecular flexibility index (Phi) is 3.10. The highest BCUT2D eigenvalue weighted by Gasteiger charge is 2.32. The van der Waals surface area contributed by atoms with Crippen LogP contribution in [0.15, 0.2) is 12.1 Å². The summed E-state index contributed by atoms with van der Waals surface area (Å²) in [6, 6.07) is 2.93. The second-order valence-electron chi connectivity index (χ2n) is 4.11. The van der Waals surface area contributed by atoms with Gasteiger partial charge in [0.25, 0.3) is 0 Å². The van der Waals surface area contributed by atoms with Gasteiger partial charge in [-0.3, -0.25) is 0 Å². The predicted molar refractivity (Wildman–Crippen MR) is 64.8 cm³/mol. The zero-order chi connectivity index (χ0) is 13.5. The number of aromatic nitrogens is 1. The highest BCUT2D eigenvalue weighted by molar-refractivity contribution is 7.22. The van der Waals surface area contributed by atoms with Crippen molar-refractivity contribution in [3.63, 3.8) is 0 Å². The van der Waals surface area contributed by atoms with Gasteiger partial charge in [0.1, 0.15) is 5.75 Å². The maximum atomic E-state index is 12.3. The number of nitrogen functional groups attached to an aromatic ring is 1. The Labute approximate surface area is 105 Å². The zero-order valence-electron chi connectivity index (χ0n) is 9.71. The minimum absolute atomic E-state index is 0.102. The fourth-order valence-electron chi connectivity index (χ4n) is 1.65. The van der Waals surface area contributed by atoms with E-state index in [0.29, 0.717) is 20.9 Å². The fraction of sp³-hybridized carbons (Fsp3) is 0.364. The standard InChI is InChI=1S/C11H11F3N2OS/c1-5(2)6-3-7-9(18-10(15)16-7)4-8(6)17-11(12,13)14/h3-5H,1-2H3,(H2,15,16). The van der Waals surface area contributed by atoms with Crippen LogP contribution in [0.4, 0.5) is 18.3 Å². The van der Waals surface area contributed by atoms with E-state index in [4.69, 9.17) is 5.73 Å². The average Bonchev–Trinajstić information content (AvgIpc) is 2.53. The molecule has 0 bridgehead atoms. The Hall–Kier alpha value is -1.50. The Bertz CT molecular complexity index is 577. The number of rotatable bonds is 2. The number of hydrogen-bond donors (Lipinski definition) is 1. The smallest absolute Gasteiger partial charge is 0.405 e. The van der Waals surface area contributed by atoms with Gasteiger partial charge in [-0.1, -0.05) is 25.2 Å². The molecule has 2 aromatic rings. The molecule has 7 heteroatoms. The van der Waals surface area contributed by atoms with Gasteiger partial charge < -0.3 is 10.5 Å². The van der Waals surface area contributed by atoms with Gasteiger partial charge >= 0.3 is 6.36 Å². The van der Waals surface area contributed by atoms with Crippen LogP contribution in [0.1, 0.15) is 25.3 Å². The van der Waals surface area contributed by atoms with E-state index in [-0.39, 0.29) is 11.7 Å². The number of nitrogens with zero attached hydrogens (tertiary/aromatic N) is 1. The van der Waals surface area contributed by atoms with Crippen molar-refractivity contribution in [1.82, 2.24) is 4.98 Å². The molecule has 2 N–H and O–H groups in total. The van der Waals surface area contributed by atoms with Crippen LogP contribution in [0.3, 0.4) is 0 Å². The SMILES string of the molecule is CC(C)c1cc2nc(N)sc2cc1OC(F)(F)F. The summed E-state index contributed by atoms with van der Waals surface area (Å²) in [5, 5.41) is 0.323. The maximum absolute atomic E-state index is 12.3. The number of anilines is 1. The van der Waals surface area contributed by atoms with E-state index < -0.39 is 6.36 Å². The Morgan fingerprint density at radius 1 is 1.33 bits per heavy atom. The van der Waals surface area contributed by atoms with Crippen molar-refractivity contribution in [2.45, 2.75) is 26.1 Å². The van der Waals surface area contributed by atoms with Gasteiger partial charge in [0, 0.05) is 6.07 Å². The van der Waals surface area contributed by atoms with E-state index in [0.717, 1.165) is 11.3 Å². The van der Waals surface area contributed by atoms with Crippen LogP contribution in [0, 0.1) is 0 Å². The molecule has 0 aliphatic carbocycles. The van der Waals surface area contributed by atoms with Gasteiger partial charge in [0.15, 0.2) is 5.13 Å². The highest BCUT2D eigenvalue weighted by atomic mass is 32.1. The summed E-state index contributed by atoms with van der Waals surface area (Å²) in [5.41, 5.74) is 6.59. The molecule has 0 spiro atoms. The molecular formula is C11H11F3N2OS. The number of halogens is 3. The quantitative estimate of drug-likeness (QED) is 0.905. The van der Waals surface area contributed by atoms with Crippen molar-refractivity contribution in [3.05, 3.63) is 17.7 Å². The molecule has 2 rings (SSSR count). The van der Waals surface area contributed by atoms with Gasteiger partial charge in [0.2, 0.25) is 0 Å². The Balaban J connectivity index is 2.57. The maximum Gasteiger partial charge on any atom is 0.573 e. The van der Waals surface area contributed by atoms with Crippen LogP contribution in [0.2, 0.25) is 0 Å². The summed E-state index contributed by atoms with van der Waals surface area (Å²) in [6.07, 6.45) is -4.70. The van der Waals surface area contributed by atoms with Crippen molar-refractivity contribution in [2.75, 3.05) is 5.73 Å². The molecule has 98 valence electrons. The first-order valence-electron chi connectivity index (χ1n) is 5.22. The molecular weight excluding hydrogens is 265 g/mol. The molecule has 1 aromatic carbocycles. The molecule has 0 fully saturated rings. The van der Waals surface area contributed by atoms with Crippen molar-refractivity contribution in [2.24, 2.45) is 0 Å². The number of hydrogen-bond acceptors (Lipinski definition) is 4. The highest BCUT2D eigenvalue weighted by Crippen LogP contribution is 2.36. The molecule has 0 radical (unpaired) electrons. The van der Waals surface area contributed by atoms with Crippen LogP contribution in [0.5, 0.6) is 5.75 Å². The number of benzene rings is 1. The number of nitrogens with two attached hydrogens (primary N) is 1. The third kappa shape index (κ3) is 2.66. The second-order valence-corrected chi connectivity index (χ2v) is 5.17. The summed E-state index contributed by atoms with van der Waals surface area (Å²) in [4.78, 5) is 4.05. The van der Waals surface area contributed by atoms with Crippen molar-refractivity contribution in [3.8, 4) is 5.75 Å². The lowest BCUT2D eigenvalue weighted by atomic mass is 10.0. The lowest BCUT2D eigenvalue weighted by Crippen LogP contribution is -2.18. The van der Waals surface area contributed by atoms with Crippen molar-refractivity contribution >= 4 is 26.7 Å².